The maximum atomic E-state index is 2.65. The fraction of sp³-hybridized carbons (Fsp3) is 0.136. The fourth-order valence-electron chi connectivity index (χ4n) is 13.6. The molecule has 2 unspecified atom stereocenters. The van der Waals surface area contributed by atoms with Crippen LogP contribution in [0.2, 0.25) is 0 Å². The summed E-state index contributed by atoms with van der Waals surface area (Å²) >= 11 is 0. The minimum atomic E-state index is -0.723. The van der Waals surface area contributed by atoms with Gasteiger partial charge >= 0.3 is 0 Å². The summed E-state index contributed by atoms with van der Waals surface area (Å²) in [6, 6.07) is 94.3. The van der Waals surface area contributed by atoms with Gasteiger partial charge in [0.1, 0.15) is 0 Å². The molecule has 0 amide bonds. The van der Waals surface area contributed by atoms with Crippen molar-refractivity contribution in [3.63, 3.8) is 0 Å². The lowest BCUT2D eigenvalue weighted by Gasteiger charge is -2.39. The van der Waals surface area contributed by atoms with Crippen molar-refractivity contribution in [1.29, 1.82) is 0 Å². The van der Waals surface area contributed by atoms with E-state index in [4.69, 9.17) is 0 Å². The molecule has 11 aromatic carbocycles. The lowest BCUT2D eigenvalue weighted by Crippen LogP contribution is -2.35. The van der Waals surface area contributed by atoms with Crippen molar-refractivity contribution in [2.75, 3.05) is 19.6 Å². The SMILES string of the molecule is Cc1ccc(N(C2=CC3C(C=C2)c2ccc(N(c4ccc(C)cc4)c4ccc(C)cc4)cc2C32c3cc(N(c4ccc(C)cc4)c4ccc(C)cc4)ccc3-c3ccc(N(c4ccc(C)cc4)c4ccc(C)cc4)cc32)c2ccc(C)cc2)cc1. The molecule has 1 spiro atoms. The molecule has 4 heteroatoms. The smallest absolute Gasteiger partial charge is 0.0540 e. The minimum Gasteiger partial charge on any atom is -0.311 e. The molecule has 85 heavy (non-hydrogen) atoms. The molecule has 4 nitrogen and oxygen atoms in total. The van der Waals surface area contributed by atoms with E-state index in [2.05, 4.69) is 342 Å². The van der Waals surface area contributed by atoms with Crippen LogP contribution in [0, 0.1) is 61.3 Å². The van der Waals surface area contributed by atoms with Gasteiger partial charge in [-0.15, -0.1) is 0 Å². The van der Waals surface area contributed by atoms with Crippen LogP contribution in [0.3, 0.4) is 0 Å². The Labute approximate surface area is 502 Å². The Morgan fingerprint density at radius 3 is 0.800 bits per heavy atom. The van der Waals surface area contributed by atoms with E-state index in [0.29, 0.717) is 0 Å². The van der Waals surface area contributed by atoms with Crippen LogP contribution in [0.5, 0.6) is 0 Å². The third kappa shape index (κ3) is 9.43. The normalized spacial score (nSPS) is 14.9. The van der Waals surface area contributed by atoms with Crippen molar-refractivity contribution in [2.45, 2.75) is 66.7 Å². The molecular formula is C81H70N4. The van der Waals surface area contributed by atoms with Crippen LogP contribution in [0.25, 0.3) is 11.1 Å². The fourth-order valence-corrected chi connectivity index (χ4v) is 13.6. The van der Waals surface area contributed by atoms with E-state index in [0.717, 1.165) is 68.3 Å². The van der Waals surface area contributed by atoms with Gasteiger partial charge in [0.2, 0.25) is 0 Å². The standard InChI is InChI=1S/C81H70N4/c1-53-9-25-61(26-10-53)82(62-27-11-54(2)12-28-62)69-41-45-73-74-46-42-70(83(63-29-13-55(3)14-30-63)64-31-15-56(4)16-32-64)50-78(74)81(77(73)49-69)79-51-71(84(65-33-17-57(5)18-34-65)66-35-19-58(6)20-36-66)43-47-75(79)76-48-44-72(52-80(76)81)85(67-37-21-59(7)22-38-67)68-39-23-60(8)24-40-68/h9-52,73,77H,1-8H3. The summed E-state index contributed by atoms with van der Waals surface area (Å²) in [4.78, 5) is 9.84. The Morgan fingerprint density at radius 2 is 0.506 bits per heavy atom. The Balaban J connectivity index is 1.09. The van der Waals surface area contributed by atoms with Crippen molar-refractivity contribution in [3.8, 4) is 11.1 Å². The molecule has 0 aromatic heterocycles. The van der Waals surface area contributed by atoms with Crippen LogP contribution >= 0.6 is 0 Å². The van der Waals surface area contributed by atoms with Crippen molar-refractivity contribution < 1.29 is 0 Å². The first kappa shape index (κ1) is 53.1. The highest BCUT2D eigenvalue weighted by molar-refractivity contribution is 5.93. The molecule has 3 aliphatic carbocycles. The number of fused-ring (bicyclic) bond motifs is 10. The second-order valence-electron chi connectivity index (χ2n) is 24.1. The number of anilines is 11. The van der Waals surface area contributed by atoms with Gasteiger partial charge < -0.3 is 19.6 Å². The van der Waals surface area contributed by atoms with Gasteiger partial charge in [-0.1, -0.05) is 172 Å². The van der Waals surface area contributed by atoms with Gasteiger partial charge in [-0.05, 0) is 228 Å². The van der Waals surface area contributed by atoms with Crippen molar-refractivity contribution in [1.82, 2.24) is 0 Å². The maximum Gasteiger partial charge on any atom is 0.0540 e. The lowest BCUT2D eigenvalue weighted by molar-refractivity contribution is 0.462. The van der Waals surface area contributed by atoms with Crippen LogP contribution in [0.4, 0.5) is 62.6 Å². The molecule has 14 rings (SSSR count). The summed E-state index contributed by atoms with van der Waals surface area (Å²) < 4.78 is 0. The summed E-state index contributed by atoms with van der Waals surface area (Å²) in [5, 5.41) is 0. The van der Waals surface area contributed by atoms with Crippen molar-refractivity contribution >= 4 is 62.6 Å². The van der Waals surface area contributed by atoms with Crippen molar-refractivity contribution in [2.24, 2.45) is 5.92 Å². The Kier molecular flexibility index (Phi) is 13.4. The number of rotatable bonds is 12. The Bertz CT molecular complexity index is 4020. The predicted octanol–water partition coefficient (Wildman–Crippen LogP) is 21.9. The molecule has 0 bridgehead atoms. The average Bonchev–Trinajstić information content (AvgIpc) is 1.56. The summed E-state index contributed by atoms with van der Waals surface area (Å²) in [5.41, 5.74) is 30.2. The minimum absolute atomic E-state index is 0.0274. The van der Waals surface area contributed by atoms with Gasteiger partial charge in [-0.3, -0.25) is 0 Å². The van der Waals surface area contributed by atoms with Crippen LogP contribution in [-0.2, 0) is 5.41 Å². The Morgan fingerprint density at radius 1 is 0.259 bits per heavy atom. The zero-order chi connectivity index (χ0) is 58.1. The molecule has 0 aliphatic heterocycles. The molecule has 0 saturated carbocycles. The van der Waals surface area contributed by atoms with Crippen molar-refractivity contribution in [3.05, 3.63) is 339 Å². The maximum absolute atomic E-state index is 2.65. The third-order valence-electron chi connectivity index (χ3n) is 18.0. The van der Waals surface area contributed by atoms with Gasteiger partial charge in [0.05, 0.1) is 5.41 Å². The van der Waals surface area contributed by atoms with Gasteiger partial charge in [0, 0.05) is 80.1 Å². The average molecular weight is 1100 g/mol. The summed E-state index contributed by atoms with van der Waals surface area (Å²) in [6.07, 6.45) is 7.58. The van der Waals surface area contributed by atoms with Gasteiger partial charge in [-0.2, -0.15) is 0 Å². The first-order valence-corrected chi connectivity index (χ1v) is 30.0. The van der Waals surface area contributed by atoms with Gasteiger partial charge in [0.15, 0.2) is 0 Å². The summed E-state index contributed by atoms with van der Waals surface area (Å²) in [5.74, 6) is -0.0483. The largest absolute Gasteiger partial charge is 0.311 e. The molecule has 0 N–H and O–H groups in total. The van der Waals surface area contributed by atoms with E-state index in [1.54, 1.807) is 0 Å². The summed E-state index contributed by atoms with van der Waals surface area (Å²) in [6.45, 7) is 17.4. The molecule has 0 saturated heterocycles. The van der Waals surface area contributed by atoms with E-state index in [1.165, 1.54) is 77.9 Å². The van der Waals surface area contributed by atoms with Crippen LogP contribution < -0.4 is 19.6 Å². The number of benzene rings is 11. The van der Waals surface area contributed by atoms with Gasteiger partial charge in [0.25, 0.3) is 0 Å². The van der Waals surface area contributed by atoms with Crippen LogP contribution in [0.15, 0.2) is 273 Å². The topological polar surface area (TPSA) is 13.0 Å². The van der Waals surface area contributed by atoms with Crippen LogP contribution in [0.1, 0.15) is 72.7 Å². The van der Waals surface area contributed by atoms with E-state index < -0.39 is 5.41 Å². The second-order valence-corrected chi connectivity index (χ2v) is 24.1. The highest BCUT2D eigenvalue weighted by Gasteiger charge is 2.58. The monoisotopic (exact) mass is 1100 g/mol. The number of aryl methyl sites for hydroxylation is 8. The highest BCUT2D eigenvalue weighted by atomic mass is 15.2. The molecule has 2 atom stereocenters. The predicted molar refractivity (Wildman–Crippen MR) is 359 cm³/mol. The van der Waals surface area contributed by atoms with E-state index in [9.17, 15) is 0 Å². The number of allylic oxidation sites excluding steroid dienone is 3. The first-order valence-electron chi connectivity index (χ1n) is 30.0. The second kappa shape index (κ2) is 21.4. The molecule has 0 radical (unpaired) electrons. The zero-order valence-electron chi connectivity index (χ0n) is 49.8. The van der Waals surface area contributed by atoms with E-state index in [-0.39, 0.29) is 11.8 Å². The van der Waals surface area contributed by atoms with Crippen LogP contribution in [-0.4, -0.2) is 0 Å². The number of hydrogen-bond donors (Lipinski definition) is 0. The first-order chi connectivity index (χ1) is 41.4. The number of nitrogens with zero attached hydrogens (tertiary/aromatic N) is 4. The molecule has 3 aliphatic rings. The zero-order valence-corrected chi connectivity index (χ0v) is 49.8. The highest BCUT2D eigenvalue weighted by Crippen LogP contribution is 2.67. The quantitative estimate of drug-likeness (QED) is 0.121. The summed E-state index contributed by atoms with van der Waals surface area (Å²) in [7, 11) is 0. The van der Waals surface area contributed by atoms with Gasteiger partial charge in [-0.25, -0.2) is 0 Å². The number of hydrogen-bond acceptors (Lipinski definition) is 4. The molecule has 11 aromatic rings. The molecular weight excluding hydrogens is 1030 g/mol. The molecule has 0 heterocycles. The molecule has 414 valence electrons. The molecule has 0 fully saturated rings. The van der Waals surface area contributed by atoms with E-state index >= 15 is 0 Å². The Hall–Kier alpha value is -9.90. The van der Waals surface area contributed by atoms with E-state index in [1.807, 2.05) is 0 Å². The lowest BCUT2D eigenvalue weighted by atomic mass is 9.65. The third-order valence-corrected chi connectivity index (χ3v) is 18.0.